The van der Waals surface area contributed by atoms with E-state index in [2.05, 4.69) is 34.0 Å². The molecule has 3 rings (SSSR count). The largest absolute Gasteiger partial charge is 0.325 e. The maximum absolute atomic E-state index is 12.2. The van der Waals surface area contributed by atoms with E-state index in [4.69, 9.17) is 0 Å². The molecule has 0 saturated heterocycles. The molecule has 0 bridgehead atoms. The van der Waals surface area contributed by atoms with Crippen LogP contribution in [0.25, 0.3) is 11.2 Å². The molecule has 0 aliphatic heterocycles. The molecule has 5 heteroatoms. The van der Waals surface area contributed by atoms with Crippen molar-refractivity contribution in [2.75, 3.05) is 0 Å². The van der Waals surface area contributed by atoms with Gasteiger partial charge in [0.05, 0.1) is 6.33 Å². The second-order valence-electron chi connectivity index (χ2n) is 5.46. The van der Waals surface area contributed by atoms with E-state index >= 15 is 0 Å². The summed E-state index contributed by atoms with van der Waals surface area (Å²) in [6, 6.07) is 10.4. The van der Waals surface area contributed by atoms with Crippen molar-refractivity contribution in [3.05, 3.63) is 58.4 Å². The van der Waals surface area contributed by atoms with Crippen molar-refractivity contribution in [1.29, 1.82) is 0 Å². The summed E-state index contributed by atoms with van der Waals surface area (Å²) in [5.41, 5.74) is 2.34. The van der Waals surface area contributed by atoms with E-state index in [0.29, 0.717) is 11.2 Å². The first kappa shape index (κ1) is 14.5. The molecule has 0 radical (unpaired) electrons. The molecule has 3 aromatic rings. The number of rotatable bonds is 6. The van der Waals surface area contributed by atoms with Gasteiger partial charge in [0.25, 0.3) is 5.56 Å². The molecule has 2 aromatic heterocycles. The van der Waals surface area contributed by atoms with Gasteiger partial charge in [0.1, 0.15) is 5.82 Å². The van der Waals surface area contributed by atoms with Crippen molar-refractivity contribution in [2.24, 2.45) is 0 Å². The van der Waals surface area contributed by atoms with Crippen LogP contribution in [0.3, 0.4) is 0 Å². The molecular weight excluding hydrogens is 276 g/mol. The minimum atomic E-state index is -0.0920. The van der Waals surface area contributed by atoms with Gasteiger partial charge in [0, 0.05) is 13.0 Å². The fourth-order valence-corrected chi connectivity index (χ4v) is 2.65. The van der Waals surface area contributed by atoms with Crippen LogP contribution in [0.15, 0.2) is 41.5 Å². The van der Waals surface area contributed by atoms with Crippen LogP contribution in [-0.4, -0.2) is 19.5 Å². The van der Waals surface area contributed by atoms with Crippen molar-refractivity contribution in [1.82, 2.24) is 19.5 Å². The maximum atomic E-state index is 12.2. The monoisotopic (exact) mass is 296 g/mol. The molecule has 5 nitrogen and oxygen atoms in total. The Balaban J connectivity index is 1.76. The average Bonchev–Trinajstić information content (AvgIpc) is 2.92. The first-order chi connectivity index (χ1) is 10.8. The van der Waals surface area contributed by atoms with Gasteiger partial charge in [0.2, 0.25) is 0 Å². The highest BCUT2D eigenvalue weighted by molar-refractivity contribution is 5.69. The highest BCUT2D eigenvalue weighted by Gasteiger charge is 2.10. The first-order valence-electron chi connectivity index (χ1n) is 7.76. The van der Waals surface area contributed by atoms with Crippen LogP contribution in [0.2, 0.25) is 0 Å². The predicted molar refractivity (Wildman–Crippen MR) is 86.9 cm³/mol. The predicted octanol–water partition coefficient (Wildman–Crippen LogP) is 2.70. The molecule has 0 unspecified atom stereocenters. The van der Waals surface area contributed by atoms with Crippen LogP contribution in [0.5, 0.6) is 0 Å². The highest BCUT2D eigenvalue weighted by Crippen LogP contribution is 2.09. The summed E-state index contributed by atoms with van der Waals surface area (Å²) in [5.74, 6) is 0.717. The third kappa shape index (κ3) is 3.08. The summed E-state index contributed by atoms with van der Waals surface area (Å²) in [6.07, 6.45) is 5.39. The Kier molecular flexibility index (Phi) is 4.32. The number of aromatic amines is 1. The molecule has 0 amide bonds. The number of nitrogens with one attached hydrogen (secondary N) is 1. The van der Waals surface area contributed by atoms with Crippen molar-refractivity contribution >= 4 is 11.2 Å². The fraction of sp³-hybridized carbons (Fsp3) is 0.353. The molecule has 0 atom stereocenters. The highest BCUT2D eigenvalue weighted by atomic mass is 16.1. The second kappa shape index (κ2) is 6.56. The van der Waals surface area contributed by atoms with Gasteiger partial charge in [-0.3, -0.25) is 4.79 Å². The lowest BCUT2D eigenvalue weighted by Gasteiger charge is -2.04. The number of fused-ring (bicyclic) bond motifs is 1. The topological polar surface area (TPSA) is 63.6 Å². The SMILES string of the molecule is CCCc1nc2ncn(CCCc3ccccc3)c2c(=O)[nH]1. The number of benzene rings is 1. The summed E-state index contributed by atoms with van der Waals surface area (Å²) in [6.45, 7) is 2.83. The zero-order valence-electron chi connectivity index (χ0n) is 12.7. The number of H-pyrrole nitrogens is 1. The van der Waals surface area contributed by atoms with Crippen molar-refractivity contribution in [3.8, 4) is 0 Å². The van der Waals surface area contributed by atoms with E-state index in [0.717, 1.165) is 38.1 Å². The van der Waals surface area contributed by atoms with Gasteiger partial charge in [-0.25, -0.2) is 9.97 Å². The third-order valence-corrected chi connectivity index (χ3v) is 3.73. The summed E-state index contributed by atoms with van der Waals surface area (Å²) >= 11 is 0. The Morgan fingerprint density at radius 3 is 2.77 bits per heavy atom. The Labute approximate surface area is 129 Å². The van der Waals surface area contributed by atoms with E-state index in [1.54, 1.807) is 6.33 Å². The van der Waals surface area contributed by atoms with E-state index in [9.17, 15) is 4.79 Å². The van der Waals surface area contributed by atoms with Gasteiger partial charge in [0.15, 0.2) is 11.2 Å². The van der Waals surface area contributed by atoms with E-state index < -0.39 is 0 Å². The number of aryl methyl sites for hydroxylation is 3. The lowest BCUT2D eigenvalue weighted by Crippen LogP contribution is -2.15. The smallest absolute Gasteiger partial charge is 0.277 e. The van der Waals surface area contributed by atoms with Crippen molar-refractivity contribution in [2.45, 2.75) is 39.2 Å². The molecule has 0 spiro atoms. The maximum Gasteiger partial charge on any atom is 0.277 e. The van der Waals surface area contributed by atoms with Crippen LogP contribution in [0.1, 0.15) is 31.2 Å². The van der Waals surface area contributed by atoms with Gasteiger partial charge in [-0.1, -0.05) is 37.3 Å². The summed E-state index contributed by atoms with van der Waals surface area (Å²) in [5, 5.41) is 0. The molecule has 0 saturated carbocycles. The summed E-state index contributed by atoms with van der Waals surface area (Å²) in [4.78, 5) is 23.8. The quantitative estimate of drug-likeness (QED) is 0.760. The number of aromatic nitrogens is 4. The molecule has 0 fully saturated rings. The average molecular weight is 296 g/mol. The van der Waals surface area contributed by atoms with Crippen LogP contribution >= 0.6 is 0 Å². The molecule has 1 aromatic carbocycles. The van der Waals surface area contributed by atoms with Crippen LogP contribution in [0.4, 0.5) is 0 Å². The zero-order chi connectivity index (χ0) is 15.4. The number of nitrogens with zero attached hydrogens (tertiary/aromatic N) is 3. The standard InChI is InChI=1S/C17H20N4O/c1-2-7-14-19-16-15(17(22)20-14)21(12-18-16)11-6-10-13-8-4-3-5-9-13/h3-5,8-9,12H,2,6-7,10-11H2,1H3,(H,19,20,22). The molecule has 1 N–H and O–H groups in total. The summed E-state index contributed by atoms with van der Waals surface area (Å²) < 4.78 is 1.90. The van der Waals surface area contributed by atoms with Crippen molar-refractivity contribution < 1.29 is 0 Å². The number of hydrogen-bond donors (Lipinski definition) is 1. The Hall–Kier alpha value is -2.43. The van der Waals surface area contributed by atoms with Crippen LogP contribution in [0, 0.1) is 0 Å². The van der Waals surface area contributed by atoms with Crippen LogP contribution in [-0.2, 0) is 19.4 Å². The van der Waals surface area contributed by atoms with E-state index in [1.807, 2.05) is 22.8 Å². The molecule has 0 aliphatic rings. The van der Waals surface area contributed by atoms with Gasteiger partial charge in [-0.05, 0) is 24.8 Å². The van der Waals surface area contributed by atoms with Gasteiger partial charge in [-0.2, -0.15) is 0 Å². The Morgan fingerprint density at radius 1 is 1.18 bits per heavy atom. The van der Waals surface area contributed by atoms with E-state index in [-0.39, 0.29) is 5.56 Å². The summed E-state index contributed by atoms with van der Waals surface area (Å²) in [7, 11) is 0. The van der Waals surface area contributed by atoms with Gasteiger partial charge in [-0.15, -0.1) is 0 Å². The second-order valence-corrected chi connectivity index (χ2v) is 5.46. The number of imidazole rings is 1. The lowest BCUT2D eigenvalue weighted by molar-refractivity contribution is 0.655. The molecule has 0 aliphatic carbocycles. The minimum Gasteiger partial charge on any atom is -0.325 e. The van der Waals surface area contributed by atoms with Gasteiger partial charge < -0.3 is 9.55 Å². The first-order valence-corrected chi connectivity index (χ1v) is 7.76. The Bertz CT molecular complexity index is 804. The molecular formula is C17H20N4O. The van der Waals surface area contributed by atoms with E-state index in [1.165, 1.54) is 5.56 Å². The van der Waals surface area contributed by atoms with Crippen molar-refractivity contribution in [3.63, 3.8) is 0 Å². The molecule has 22 heavy (non-hydrogen) atoms. The molecule has 2 heterocycles. The fourth-order valence-electron chi connectivity index (χ4n) is 2.65. The number of hydrogen-bond acceptors (Lipinski definition) is 3. The third-order valence-electron chi connectivity index (χ3n) is 3.73. The van der Waals surface area contributed by atoms with Gasteiger partial charge >= 0.3 is 0 Å². The lowest BCUT2D eigenvalue weighted by atomic mass is 10.1. The minimum absolute atomic E-state index is 0.0920. The van der Waals surface area contributed by atoms with Crippen LogP contribution < -0.4 is 5.56 Å². The zero-order valence-corrected chi connectivity index (χ0v) is 12.7. The Morgan fingerprint density at radius 2 is 2.00 bits per heavy atom. The molecule has 114 valence electrons. The normalized spacial score (nSPS) is 11.1.